The molecule has 5 heteroatoms. The summed E-state index contributed by atoms with van der Waals surface area (Å²) in [6.45, 7) is 5.29. The van der Waals surface area contributed by atoms with E-state index in [-0.39, 0.29) is 0 Å². The minimum Gasteiger partial charge on any atom is -0.370 e. The molecule has 1 heterocycles. The lowest BCUT2D eigenvalue weighted by Gasteiger charge is -2.13. The molecular weight excluding hydrogens is 328 g/mol. The molecule has 0 radical (unpaired) electrons. The van der Waals surface area contributed by atoms with Crippen LogP contribution in [0.4, 0.5) is 0 Å². The molecular formula is C16H25BrN4. The minimum absolute atomic E-state index is 0.563. The van der Waals surface area contributed by atoms with E-state index in [9.17, 15) is 0 Å². The summed E-state index contributed by atoms with van der Waals surface area (Å²) in [4.78, 5) is 6.89. The standard InChI is InChI=1S/C16H25BrN4/c17-15-6-4-14(5-7-15)8-10-20-16(18)19-9-3-13-21-11-1-2-12-21/h4-7H,1-3,8-13H2,(H3,18,19,20). The van der Waals surface area contributed by atoms with Gasteiger partial charge in [-0.05, 0) is 63.0 Å². The third kappa shape index (κ3) is 6.48. The molecule has 0 aliphatic carbocycles. The molecule has 0 spiro atoms. The summed E-state index contributed by atoms with van der Waals surface area (Å²) in [5.74, 6) is 0.563. The second kappa shape index (κ2) is 9.05. The highest BCUT2D eigenvalue weighted by molar-refractivity contribution is 9.10. The van der Waals surface area contributed by atoms with Crippen molar-refractivity contribution in [2.24, 2.45) is 10.7 Å². The van der Waals surface area contributed by atoms with Gasteiger partial charge in [0, 0.05) is 17.6 Å². The highest BCUT2D eigenvalue weighted by Gasteiger charge is 2.09. The van der Waals surface area contributed by atoms with E-state index < -0.39 is 0 Å². The van der Waals surface area contributed by atoms with Crippen LogP contribution in [0.3, 0.4) is 0 Å². The van der Waals surface area contributed by atoms with Crippen molar-refractivity contribution in [3.63, 3.8) is 0 Å². The SMILES string of the molecule is NC(=NCCCN1CCCC1)NCCc1ccc(Br)cc1. The van der Waals surface area contributed by atoms with Crippen LogP contribution >= 0.6 is 15.9 Å². The van der Waals surface area contributed by atoms with Crippen molar-refractivity contribution in [3.05, 3.63) is 34.3 Å². The van der Waals surface area contributed by atoms with Crippen LogP contribution < -0.4 is 11.1 Å². The van der Waals surface area contributed by atoms with E-state index in [4.69, 9.17) is 5.73 Å². The van der Waals surface area contributed by atoms with Gasteiger partial charge in [0.15, 0.2) is 5.96 Å². The Bertz CT molecular complexity index is 438. The minimum atomic E-state index is 0.563. The highest BCUT2D eigenvalue weighted by Crippen LogP contribution is 2.10. The monoisotopic (exact) mass is 352 g/mol. The van der Waals surface area contributed by atoms with Crippen LogP contribution in [-0.4, -0.2) is 43.6 Å². The number of nitrogens with zero attached hydrogens (tertiary/aromatic N) is 2. The van der Waals surface area contributed by atoms with Gasteiger partial charge in [0.2, 0.25) is 0 Å². The van der Waals surface area contributed by atoms with Crippen molar-refractivity contribution in [1.29, 1.82) is 0 Å². The van der Waals surface area contributed by atoms with Gasteiger partial charge in [-0.25, -0.2) is 0 Å². The molecule has 0 saturated carbocycles. The Hall–Kier alpha value is -1.07. The quantitative estimate of drug-likeness (QED) is 0.450. The number of hydrogen-bond donors (Lipinski definition) is 2. The predicted molar refractivity (Wildman–Crippen MR) is 92.6 cm³/mol. The Morgan fingerprint density at radius 1 is 1.24 bits per heavy atom. The molecule has 0 aromatic heterocycles. The second-order valence-electron chi connectivity index (χ2n) is 5.47. The summed E-state index contributed by atoms with van der Waals surface area (Å²) in [5.41, 5.74) is 7.17. The molecule has 0 unspecified atom stereocenters. The van der Waals surface area contributed by atoms with Crippen molar-refractivity contribution in [2.75, 3.05) is 32.7 Å². The summed E-state index contributed by atoms with van der Waals surface area (Å²) in [5, 5.41) is 3.18. The number of benzene rings is 1. The molecule has 116 valence electrons. The molecule has 2 rings (SSSR count). The lowest BCUT2D eigenvalue weighted by Crippen LogP contribution is -2.33. The molecule has 0 amide bonds. The zero-order valence-corrected chi connectivity index (χ0v) is 14.1. The maximum Gasteiger partial charge on any atom is 0.188 e. The Morgan fingerprint density at radius 3 is 2.67 bits per heavy atom. The van der Waals surface area contributed by atoms with E-state index in [1.165, 1.54) is 31.5 Å². The Kier molecular flexibility index (Phi) is 7.03. The summed E-state index contributed by atoms with van der Waals surface area (Å²) in [6.07, 6.45) is 4.75. The number of nitrogens with two attached hydrogens (primary N) is 1. The molecule has 3 N–H and O–H groups in total. The summed E-state index contributed by atoms with van der Waals surface area (Å²) < 4.78 is 1.11. The normalized spacial score (nSPS) is 16.3. The van der Waals surface area contributed by atoms with Crippen molar-refractivity contribution >= 4 is 21.9 Å². The Balaban J connectivity index is 1.56. The van der Waals surface area contributed by atoms with E-state index in [2.05, 4.69) is 55.4 Å². The van der Waals surface area contributed by atoms with Gasteiger partial charge >= 0.3 is 0 Å². The Morgan fingerprint density at radius 2 is 1.95 bits per heavy atom. The zero-order valence-electron chi connectivity index (χ0n) is 12.5. The summed E-state index contributed by atoms with van der Waals surface area (Å²) in [6, 6.07) is 8.36. The number of aliphatic imine (C=N–C) groups is 1. The molecule has 1 aromatic rings. The molecule has 1 fully saturated rings. The van der Waals surface area contributed by atoms with E-state index in [0.29, 0.717) is 5.96 Å². The average Bonchev–Trinajstić information content (AvgIpc) is 2.99. The molecule has 21 heavy (non-hydrogen) atoms. The van der Waals surface area contributed by atoms with Gasteiger partial charge in [-0.3, -0.25) is 4.99 Å². The topological polar surface area (TPSA) is 53.6 Å². The molecule has 1 saturated heterocycles. The van der Waals surface area contributed by atoms with Gasteiger partial charge in [-0.15, -0.1) is 0 Å². The fraction of sp³-hybridized carbons (Fsp3) is 0.562. The fourth-order valence-corrected chi connectivity index (χ4v) is 2.81. The number of halogens is 1. The van der Waals surface area contributed by atoms with Gasteiger partial charge in [0.1, 0.15) is 0 Å². The van der Waals surface area contributed by atoms with Gasteiger partial charge < -0.3 is 16.0 Å². The van der Waals surface area contributed by atoms with Gasteiger partial charge in [-0.2, -0.15) is 0 Å². The fourth-order valence-electron chi connectivity index (χ4n) is 2.54. The van der Waals surface area contributed by atoms with Crippen LogP contribution in [0.5, 0.6) is 0 Å². The number of likely N-dealkylation sites (tertiary alicyclic amines) is 1. The molecule has 1 aromatic carbocycles. The van der Waals surface area contributed by atoms with Crippen molar-refractivity contribution < 1.29 is 0 Å². The van der Waals surface area contributed by atoms with Crippen LogP contribution in [-0.2, 0) is 6.42 Å². The van der Waals surface area contributed by atoms with E-state index in [1.807, 2.05) is 0 Å². The number of rotatable bonds is 7. The van der Waals surface area contributed by atoms with Crippen molar-refractivity contribution in [1.82, 2.24) is 10.2 Å². The molecule has 0 atom stereocenters. The van der Waals surface area contributed by atoms with E-state index >= 15 is 0 Å². The van der Waals surface area contributed by atoms with Crippen LogP contribution in [0.1, 0.15) is 24.8 Å². The van der Waals surface area contributed by atoms with Crippen molar-refractivity contribution in [2.45, 2.75) is 25.7 Å². The molecule has 4 nitrogen and oxygen atoms in total. The first kappa shape index (κ1) is 16.3. The van der Waals surface area contributed by atoms with Gasteiger partial charge in [0.25, 0.3) is 0 Å². The third-order valence-electron chi connectivity index (χ3n) is 3.75. The largest absolute Gasteiger partial charge is 0.370 e. The summed E-state index contributed by atoms with van der Waals surface area (Å²) in [7, 11) is 0. The number of guanidine groups is 1. The lowest BCUT2D eigenvalue weighted by molar-refractivity contribution is 0.336. The maximum atomic E-state index is 5.87. The van der Waals surface area contributed by atoms with Crippen LogP contribution in [0.15, 0.2) is 33.7 Å². The average molecular weight is 353 g/mol. The van der Waals surface area contributed by atoms with E-state index in [0.717, 1.165) is 36.9 Å². The van der Waals surface area contributed by atoms with Crippen LogP contribution in [0.2, 0.25) is 0 Å². The molecule has 1 aliphatic heterocycles. The molecule has 0 bridgehead atoms. The smallest absolute Gasteiger partial charge is 0.188 e. The summed E-state index contributed by atoms with van der Waals surface area (Å²) >= 11 is 3.44. The van der Waals surface area contributed by atoms with E-state index in [1.54, 1.807) is 0 Å². The Labute approximate surface area is 135 Å². The predicted octanol–water partition coefficient (Wildman–Crippen LogP) is 2.38. The first-order chi connectivity index (χ1) is 10.2. The third-order valence-corrected chi connectivity index (χ3v) is 4.28. The molecule has 1 aliphatic rings. The first-order valence-corrected chi connectivity index (χ1v) is 8.54. The van der Waals surface area contributed by atoms with Gasteiger partial charge in [0.05, 0.1) is 0 Å². The van der Waals surface area contributed by atoms with Crippen molar-refractivity contribution in [3.8, 4) is 0 Å². The zero-order chi connectivity index (χ0) is 14.9. The first-order valence-electron chi connectivity index (χ1n) is 7.74. The highest BCUT2D eigenvalue weighted by atomic mass is 79.9. The second-order valence-corrected chi connectivity index (χ2v) is 6.39. The number of nitrogens with one attached hydrogen (secondary N) is 1. The maximum absolute atomic E-state index is 5.87. The lowest BCUT2D eigenvalue weighted by atomic mass is 10.1. The number of hydrogen-bond acceptors (Lipinski definition) is 2. The van der Waals surface area contributed by atoms with Gasteiger partial charge in [-0.1, -0.05) is 28.1 Å². The van der Waals surface area contributed by atoms with Crippen LogP contribution in [0, 0.1) is 0 Å². The van der Waals surface area contributed by atoms with Crippen LogP contribution in [0.25, 0.3) is 0 Å².